The van der Waals surface area contributed by atoms with E-state index in [1.165, 1.54) is 5.56 Å². The average Bonchev–Trinajstić information content (AvgIpc) is 2.83. The first-order valence-corrected chi connectivity index (χ1v) is 6.03. The zero-order chi connectivity index (χ0) is 13.2. The van der Waals surface area contributed by atoms with Crippen LogP contribution in [0.2, 0.25) is 0 Å². The molecule has 1 amide bonds. The molecule has 0 aliphatic carbocycles. The fraction of sp³-hybridized carbons (Fsp3) is 0.0667. The number of nitrogens with zero attached hydrogens (tertiary/aromatic N) is 1. The van der Waals surface area contributed by atoms with Crippen molar-refractivity contribution in [1.82, 2.24) is 9.97 Å². The van der Waals surface area contributed by atoms with Gasteiger partial charge in [-0.3, -0.25) is 4.79 Å². The summed E-state index contributed by atoms with van der Waals surface area (Å²) in [7, 11) is 0. The van der Waals surface area contributed by atoms with Crippen LogP contribution < -0.4 is 5.32 Å². The summed E-state index contributed by atoms with van der Waals surface area (Å²) >= 11 is 0. The molecule has 19 heavy (non-hydrogen) atoms. The minimum absolute atomic E-state index is 0.666. The van der Waals surface area contributed by atoms with Gasteiger partial charge in [0, 0.05) is 11.3 Å². The van der Waals surface area contributed by atoms with Crippen LogP contribution in [-0.2, 0) is 4.79 Å². The normalized spacial score (nSPS) is 10.6. The summed E-state index contributed by atoms with van der Waals surface area (Å²) in [5, 5.41) is 2.61. The second-order valence-corrected chi connectivity index (χ2v) is 4.45. The maximum absolute atomic E-state index is 10.3. The molecule has 1 heterocycles. The summed E-state index contributed by atoms with van der Waals surface area (Å²) < 4.78 is 0. The van der Waals surface area contributed by atoms with E-state index >= 15 is 0 Å². The Bertz CT molecular complexity index is 729. The molecule has 3 aromatic rings. The molecule has 0 spiro atoms. The Kier molecular flexibility index (Phi) is 2.76. The Balaban J connectivity index is 2.01. The number of rotatable bonds is 3. The van der Waals surface area contributed by atoms with Crippen LogP contribution in [0.4, 0.5) is 5.69 Å². The molecular formula is C15H13N3O. The third kappa shape index (κ3) is 2.20. The minimum Gasteiger partial charge on any atom is -0.338 e. The average molecular weight is 251 g/mol. The third-order valence-electron chi connectivity index (χ3n) is 3.02. The summed E-state index contributed by atoms with van der Waals surface area (Å²) in [5.41, 5.74) is 4.95. The van der Waals surface area contributed by atoms with Crippen molar-refractivity contribution in [3.8, 4) is 11.4 Å². The van der Waals surface area contributed by atoms with Gasteiger partial charge < -0.3 is 10.3 Å². The first-order chi connectivity index (χ1) is 9.26. The van der Waals surface area contributed by atoms with Gasteiger partial charge in [-0.2, -0.15) is 0 Å². The maximum Gasteiger partial charge on any atom is 0.211 e. The van der Waals surface area contributed by atoms with Crippen molar-refractivity contribution < 1.29 is 4.79 Å². The molecule has 0 unspecified atom stereocenters. The van der Waals surface area contributed by atoms with Crippen LogP contribution in [0.1, 0.15) is 5.56 Å². The number of hydrogen-bond donors (Lipinski definition) is 2. The van der Waals surface area contributed by atoms with E-state index in [0.717, 1.165) is 28.1 Å². The van der Waals surface area contributed by atoms with Crippen molar-refractivity contribution in [3.05, 3.63) is 48.0 Å². The summed E-state index contributed by atoms with van der Waals surface area (Å²) in [5.74, 6) is 0.832. The van der Waals surface area contributed by atoms with Gasteiger partial charge in [-0.25, -0.2) is 4.98 Å². The number of amides is 1. The molecule has 0 saturated heterocycles. The Hall–Kier alpha value is -2.62. The number of nitrogens with one attached hydrogen (secondary N) is 2. The van der Waals surface area contributed by atoms with Crippen molar-refractivity contribution in [2.75, 3.05) is 5.32 Å². The highest BCUT2D eigenvalue weighted by atomic mass is 16.1. The van der Waals surface area contributed by atoms with E-state index < -0.39 is 0 Å². The van der Waals surface area contributed by atoms with Gasteiger partial charge in [-0.15, -0.1) is 0 Å². The predicted molar refractivity (Wildman–Crippen MR) is 76.0 cm³/mol. The standard InChI is InChI=1S/C15H13N3O/c1-10-2-7-13-14(8-10)18-15(17-13)11-3-5-12(6-4-11)16-9-19/h2-9H,1H3,(H,16,19)(H,17,18). The number of imidazole rings is 1. The monoisotopic (exact) mass is 251 g/mol. The van der Waals surface area contributed by atoms with Gasteiger partial charge in [0.1, 0.15) is 5.82 Å². The lowest BCUT2D eigenvalue weighted by atomic mass is 10.2. The van der Waals surface area contributed by atoms with E-state index in [0.29, 0.717) is 6.41 Å². The molecule has 4 nitrogen and oxygen atoms in total. The van der Waals surface area contributed by atoms with E-state index in [9.17, 15) is 4.79 Å². The lowest BCUT2D eigenvalue weighted by Gasteiger charge is -1.99. The van der Waals surface area contributed by atoms with Crippen LogP contribution in [0.5, 0.6) is 0 Å². The molecule has 2 aromatic carbocycles. The largest absolute Gasteiger partial charge is 0.338 e. The van der Waals surface area contributed by atoms with Gasteiger partial charge in [-0.05, 0) is 48.9 Å². The molecule has 0 aliphatic rings. The lowest BCUT2D eigenvalue weighted by molar-refractivity contribution is -0.105. The second-order valence-electron chi connectivity index (χ2n) is 4.45. The molecule has 0 bridgehead atoms. The Morgan fingerprint density at radius 2 is 1.95 bits per heavy atom. The number of carbonyl (C=O) groups is 1. The van der Waals surface area contributed by atoms with Crippen LogP contribution in [0.3, 0.4) is 0 Å². The number of benzene rings is 2. The quantitative estimate of drug-likeness (QED) is 0.703. The smallest absolute Gasteiger partial charge is 0.211 e. The molecule has 2 N–H and O–H groups in total. The second kappa shape index (κ2) is 4.57. The Morgan fingerprint density at radius 3 is 2.68 bits per heavy atom. The first-order valence-electron chi connectivity index (χ1n) is 6.03. The fourth-order valence-corrected chi connectivity index (χ4v) is 2.05. The topological polar surface area (TPSA) is 57.8 Å². The van der Waals surface area contributed by atoms with Gasteiger partial charge in [0.25, 0.3) is 0 Å². The van der Waals surface area contributed by atoms with E-state index in [1.807, 2.05) is 36.4 Å². The highest BCUT2D eigenvalue weighted by Crippen LogP contribution is 2.22. The predicted octanol–water partition coefficient (Wildman–Crippen LogP) is 3.11. The molecule has 3 rings (SSSR count). The molecule has 94 valence electrons. The van der Waals surface area contributed by atoms with Crippen LogP contribution >= 0.6 is 0 Å². The fourth-order valence-electron chi connectivity index (χ4n) is 2.05. The molecular weight excluding hydrogens is 238 g/mol. The van der Waals surface area contributed by atoms with Crippen molar-refractivity contribution in [2.24, 2.45) is 0 Å². The summed E-state index contributed by atoms with van der Waals surface area (Å²) in [6, 6.07) is 13.7. The van der Waals surface area contributed by atoms with E-state index in [1.54, 1.807) is 0 Å². The number of carbonyl (C=O) groups excluding carboxylic acids is 1. The van der Waals surface area contributed by atoms with Gasteiger partial charge in [0.15, 0.2) is 0 Å². The summed E-state index contributed by atoms with van der Waals surface area (Å²) in [6.45, 7) is 2.06. The SMILES string of the molecule is Cc1ccc2nc(-c3ccc(NC=O)cc3)[nH]c2c1. The first kappa shape index (κ1) is 11.5. The van der Waals surface area contributed by atoms with E-state index in [-0.39, 0.29) is 0 Å². The van der Waals surface area contributed by atoms with Gasteiger partial charge in [0.05, 0.1) is 11.0 Å². The summed E-state index contributed by atoms with van der Waals surface area (Å²) in [4.78, 5) is 18.2. The highest BCUT2D eigenvalue weighted by Gasteiger charge is 2.05. The number of fused-ring (bicyclic) bond motifs is 1. The Labute approximate surface area is 110 Å². The molecule has 0 radical (unpaired) electrons. The third-order valence-corrected chi connectivity index (χ3v) is 3.02. The zero-order valence-corrected chi connectivity index (χ0v) is 10.5. The van der Waals surface area contributed by atoms with Gasteiger partial charge in [0.2, 0.25) is 6.41 Å². The highest BCUT2D eigenvalue weighted by molar-refractivity contribution is 5.80. The van der Waals surface area contributed by atoms with E-state index in [4.69, 9.17) is 0 Å². The molecule has 0 atom stereocenters. The van der Waals surface area contributed by atoms with Crippen molar-refractivity contribution in [1.29, 1.82) is 0 Å². The molecule has 0 saturated carbocycles. The van der Waals surface area contributed by atoms with Crippen LogP contribution in [-0.4, -0.2) is 16.4 Å². The number of anilines is 1. The minimum atomic E-state index is 0.666. The number of H-pyrrole nitrogens is 1. The maximum atomic E-state index is 10.3. The van der Waals surface area contributed by atoms with Crippen LogP contribution in [0.15, 0.2) is 42.5 Å². The van der Waals surface area contributed by atoms with Crippen LogP contribution in [0, 0.1) is 6.92 Å². The summed E-state index contributed by atoms with van der Waals surface area (Å²) in [6.07, 6.45) is 0.666. The lowest BCUT2D eigenvalue weighted by Crippen LogP contribution is -1.92. The van der Waals surface area contributed by atoms with Gasteiger partial charge in [-0.1, -0.05) is 6.07 Å². The van der Waals surface area contributed by atoms with Gasteiger partial charge >= 0.3 is 0 Å². The van der Waals surface area contributed by atoms with Crippen molar-refractivity contribution in [3.63, 3.8) is 0 Å². The van der Waals surface area contributed by atoms with Crippen molar-refractivity contribution >= 4 is 23.1 Å². The zero-order valence-electron chi connectivity index (χ0n) is 10.5. The molecule has 4 heteroatoms. The molecule has 1 aromatic heterocycles. The number of aryl methyl sites for hydroxylation is 1. The number of hydrogen-bond acceptors (Lipinski definition) is 2. The number of aromatic nitrogens is 2. The molecule has 0 aliphatic heterocycles. The van der Waals surface area contributed by atoms with Crippen LogP contribution in [0.25, 0.3) is 22.4 Å². The Morgan fingerprint density at radius 1 is 1.16 bits per heavy atom. The van der Waals surface area contributed by atoms with E-state index in [2.05, 4.69) is 28.3 Å². The van der Waals surface area contributed by atoms with Crippen molar-refractivity contribution in [2.45, 2.75) is 6.92 Å². The number of aromatic amines is 1. The molecule has 0 fully saturated rings.